The van der Waals surface area contributed by atoms with Crippen molar-refractivity contribution in [1.29, 1.82) is 0 Å². The molecule has 0 aliphatic heterocycles. The van der Waals surface area contributed by atoms with Gasteiger partial charge in [0.15, 0.2) is 6.10 Å². The van der Waals surface area contributed by atoms with Crippen molar-refractivity contribution in [2.75, 3.05) is 24.9 Å². The summed E-state index contributed by atoms with van der Waals surface area (Å²) >= 11 is 0. The quantitative estimate of drug-likeness (QED) is 0.538. The molecule has 7 heteroatoms. The Morgan fingerprint density at radius 3 is 2.09 bits per heavy atom. The fourth-order valence-electron chi connectivity index (χ4n) is 2.97. The Morgan fingerprint density at radius 1 is 0.812 bits per heavy atom. The summed E-state index contributed by atoms with van der Waals surface area (Å²) in [4.78, 5) is 25.0. The number of hydrogen-bond acceptors (Lipinski definition) is 5. The van der Waals surface area contributed by atoms with Crippen molar-refractivity contribution in [3.05, 3.63) is 77.9 Å². The Morgan fingerprint density at radius 2 is 1.47 bits per heavy atom. The second-order valence-electron chi connectivity index (χ2n) is 7.16. The molecule has 0 aliphatic rings. The van der Waals surface area contributed by atoms with E-state index in [0.717, 1.165) is 5.56 Å². The first kappa shape index (κ1) is 22.7. The van der Waals surface area contributed by atoms with Crippen molar-refractivity contribution in [1.82, 2.24) is 0 Å². The van der Waals surface area contributed by atoms with E-state index in [1.807, 2.05) is 19.1 Å². The summed E-state index contributed by atoms with van der Waals surface area (Å²) in [5.41, 5.74) is 2.70. The fourth-order valence-corrected chi connectivity index (χ4v) is 2.97. The average molecular weight is 434 g/mol. The molecule has 0 heterocycles. The van der Waals surface area contributed by atoms with Crippen LogP contribution in [0.2, 0.25) is 0 Å². The average Bonchev–Trinajstić information content (AvgIpc) is 2.80. The van der Waals surface area contributed by atoms with E-state index in [2.05, 4.69) is 10.6 Å². The van der Waals surface area contributed by atoms with E-state index in [1.54, 1.807) is 75.7 Å². The lowest BCUT2D eigenvalue weighted by Crippen LogP contribution is -2.30. The van der Waals surface area contributed by atoms with Gasteiger partial charge in [-0.15, -0.1) is 0 Å². The standard InChI is InChI=1S/C25H26N2O5/c1-16-5-14-23(31-4)22(15-16)27-25(29)18-6-10-21(11-7-18)32-17(2)24(28)26-19-8-12-20(30-3)13-9-19/h5-15,17H,1-4H3,(H,26,28)(H,27,29). The van der Waals surface area contributed by atoms with Crippen LogP contribution in [0.4, 0.5) is 11.4 Å². The Kier molecular flexibility index (Phi) is 7.33. The molecule has 1 unspecified atom stereocenters. The maximum atomic E-state index is 12.6. The number of ether oxygens (including phenoxy) is 3. The van der Waals surface area contributed by atoms with Crippen LogP contribution in [0.5, 0.6) is 17.2 Å². The summed E-state index contributed by atoms with van der Waals surface area (Å²) in [6.07, 6.45) is -0.728. The highest BCUT2D eigenvalue weighted by molar-refractivity contribution is 6.05. The first-order valence-electron chi connectivity index (χ1n) is 10.1. The number of carbonyl (C=O) groups excluding carboxylic acids is 2. The molecule has 1 atom stereocenters. The van der Waals surface area contributed by atoms with E-state index in [0.29, 0.717) is 34.2 Å². The number of benzene rings is 3. The monoisotopic (exact) mass is 434 g/mol. The van der Waals surface area contributed by atoms with Gasteiger partial charge in [-0.2, -0.15) is 0 Å². The van der Waals surface area contributed by atoms with Gasteiger partial charge in [0.05, 0.1) is 19.9 Å². The first-order chi connectivity index (χ1) is 15.4. The van der Waals surface area contributed by atoms with Crippen LogP contribution in [0.1, 0.15) is 22.8 Å². The summed E-state index contributed by atoms with van der Waals surface area (Å²) in [5, 5.41) is 5.64. The number of amides is 2. The summed E-state index contributed by atoms with van der Waals surface area (Å²) in [6.45, 7) is 3.59. The lowest BCUT2D eigenvalue weighted by atomic mass is 10.1. The smallest absolute Gasteiger partial charge is 0.265 e. The van der Waals surface area contributed by atoms with Crippen LogP contribution in [0.15, 0.2) is 66.7 Å². The van der Waals surface area contributed by atoms with Gasteiger partial charge in [0.2, 0.25) is 0 Å². The normalized spacial score (nSPS) is 11.2. The Hall–Kier alpha value is -4.00. The van der Waals surface area contributed by atoms with Crippen LogP contribution in [0, 0.1) is 6.92 Å². The third-order valence-corrected chi connectivity index (χ3v) is 4.76. The van der Waals surface area contributed by atoms with E-state index in [1.165, 1.54) is 0 Å². The number of rotatable bonds is 8. The molecule has 3 aromatic carbocycles. The summed E-state index contributed by atoms with van der Waals surface area (Å²) in [6, 6.07) is 19.2. The second-order valence-corrected chi connectivity index (χ2v) is 7.16. The number of hydrogen-bond donors (Lipinski definition) is 2. The van der Waals surface area contributed by atoms with Gasteiger partial charge in [0.1, 0.15) is 17.2 Å². The van der Waals surface area contributed by atoms with Crippen molar-refractivity contribution in [3.8, 4) is 17.2 Å². The second kappa shape index (κ2) is 10.3. The van der Waals surface area contributed by atoms with Crippen molar-refractivity contribution >= 4 is 23.2 Å². The highest BCUT2D eigenvalue weighted by atomic mass is 16.5. The van der Waals surface area contributed by atoms with E-state index in [9.17, 15) is 9.59 Å². The summed E-state index contributed by atoms with van der Waals surface area (Å²) in [7, 11) is 3.14. The molecule has 0 spiro atoms. The van der Waals surface area contributed by atoms with Crippen LogP contribution in [-0.4, -0.2) is 32.1 Å². The van der Waals surface area contributed by atoms with Gasteiger partial charge in [-0.1, -0.05) is 6.07 Å². The molecule has 0 bridgehead atoms. The van der Waals surface area contributed by atoms with Crippen LogP contribution in [0.25, 0.3) is 0 Å². The van der Waals surface area contributed by atoms with Crippen LogP contribution >= 0.6 is 0 Å². The van der Waals surface area contributed by atoms with E-state index < -0.39 is 6.10 Å². The van der Waals surface area contributed by atoms with Gasteiger partial charge >= 0.3 is 0 Å². The maximum absolute atomic E-state index is 12.6. The largest absolute Gasteiger partial charge is 0.497 e. The molecule has 0 aliphatic carbocycles. The number of methoxy groups -OCH3 is 2. The van der Waals surface area contributed by atoms with Crippen LogP contribution in [-0.2, 0) is 4.79 Å². The van der Waals surface area contributed by atoms with Gasteiger partial charge in [-0.25, -0.2) is 0 Å². The predicted octanol–water partition coefficient (Wildman–Crippen LogP) is 4.67. The molecular formula is C25H26N2O5. The minimum atomic E-state index is -0.728. The lowest BCUT2D eigenvalue weighted by molar-refractivity contribution is -0.122. The minimum absolute atomic E-state index is 0.272. The van der Waals surface area contributed by atoms with Crippen molar-refractivity contribution in [2.24, 2.45) is 0 Å². The zero-order valence-electron chi connectivity index (χ0n) is 18.5. The fraction of sp³-hybridized carbons (Fsp3) is 0.200. The van der Waals surface area contributed by atoms with Gasteiger partial charge in [-0.3, -0.25) is 9.59 Å². The summed E-state index contributed by atoms with van der Waals surface area (Å²) in [5.74, 6) is 1.21. The number of anilines is 2. The first-order valence-corrected chi connectivity index (χ1v) is 10.1. The molecule has 2 amide bonds. The predicted molar refractivity (Wildman–Crippen MR) is 124 cm³/mol. The molecular weight excluding hydrogens is 408 g/mol. The molecule has 7 nitrogen and oxygen atoms in total. The number of nitrogens with one attached hydrogen (secondary N) is 2. The molecule has 2 N–H and O–H groups in total. The van der Waals surface area contributed by atoms with E-state index >= 15 is 0 Å². The SMILES string of the molecule is COc1ccc(NC(=O)C(C)Oc2ccc(C(=O)Nc3cc(C)ccc3OC)cc2)cc1. The van der Waals surface area contributed by atoms with Crippen molar-refractivity contribution in [3.63, 3.8) is 0 Å². The molecule has 0 fully saturated rings. The highest BCUT2D eigenvalue weighted by Crippen LogP contribution is 2.26. The maximum Gasteiger partial charge on any atom is 0.265 e. The topological polar surface area (TPSA) is 85.9 Å². The van der Waals surface area contributed by atoms with Gasteiger partial charge < -0.3 is 24.8 Å². The third-order valence-electron chi connectivity index (χ3n) is 4.76. The van der Waals surface area contributed by atoms with Crippen molar-refractivity contribution in [2.45, 2.75) is 20.0 Å². The Labute approximate surface area is 187 Å². The number of carbonyl (C=O) groups is 2. The van der Waals surface area contributed by atoms with Gasteiger partial charge in [-0.05, 0) is 80.1 Å². The zero-order chi connectivity index (χ0) is 23.1. The van der Waals surface area contributed by atoms with E-state index in [-0.39, 0.29) is 11.8 Å². The molecule has 3 aromatic rings. The molecule has 32 heavy (non-hydrogen) atoms. The molecule has 0 aromatic heterocycles. The zero-order valence-corrected chi connectivity index (χ0v) is 18.5. The Bertz CT molecular complexity index is 1080. The summed E-state index contributed by atoms with van der Waals surface area (Å²) < 4.78 is 16.1. The molecule has 0 saturated heterocycles. The minimum Gasteiger partial charge on any atom is -0.497 e. The van der Waals surface area contributed by atoms with Gasteiger partial charge in [0.25, 0.3) is 11.8 Å². The van der Waals surface area contributed by atoms with E-state index in [4.69, 9.17) is 14.2 Å². The molecule has 166 valence electrons. The highest BCUT2D eigenvalue weighted by Gasteiger charge is 2.16. The van der Waals surface area contributed by atoms with Crippen molar-refractivity contribution < 1.29 is 23.8 Å². The lowest BCUT2D eigenvalue weighted by Gasteiger charge is -2.15. The Balaban J connectivity index is 1.59. The molecule has 0 radical (unpaired) electrons. The molecule has 0 saturated carbocycles. The number of aryl methyl sites for hydroxylation is 1. The van der Waals surface area contributed by atoms with Crippen LogP contribution < -0.4 is 24.8 Å². The molecule has 3 rings (SSSR count). The van der Waals surface area contributed by atoms with Crippen LogP contribution in [0.3, 0.4) is 0 Å². The third kappa shape index (κ3) is 5.78. The van der Waals surface area contributed by atoms with Gasteiger partial charge in [0, 0.05) is 11.3 Å².